The maximum Gasteiger partial charge on any atom is 0.305 e. The Morgan fingerprint density at radius 3 is 1.73 bits per heavy atom. The Kier molecular flexibility index (Phi) is 34.2. The predicted molar refractivity (Wildman–Crippen MR) is 212 cm³/mol. The molecule has 298 valence electrons. The summed E-state index contributed by atoms with van der Waals surface area (Å²) >= 11 is 0. The second-order valence-corrected chi connectivity index (χ2v) is 16.1. The van der Waals surface area contributed by atoms with Gasteiger partial charge in [0.05, 0.1) is 34.0 Å². The van der Waals surface area contributed by atoms with Crippen LogP contribution >= 0.6 is 7.82 Å². The minimum atomic E-state index is -4.51. The number of rotatable bonds is 37. The van der Waals surface area contributed by atoms with E-state index >= 15 is 0 Å². The third-order valence-electron chi connectivity index (χ3n) is 8.48. The first-order chi connectivity index (χ1) is 24.6. The second kappa shape index (κ2) is 35.3. The van der Waals surface area contributed by atoms with E-state index in [2.05, 4.69) is 50.3 Å². The minimum absolute atomic E-state index is 0.0233. The standard InChI is InChI=1S/C42H78NO7P/c1-6-8-10-12-14-16-18-20-22-23-25-27-29-31-33-35-42(44)48-39-41(40-50-51(45,46)49-38-36-43(3,4)5)47-37-34-32-30-28-26-24-21-19-17-15-13-11-9-7-2/h8,10,14,16,20,22,34,37,41H,6-7,9,11-13,15,17-19,21,23-33,35-36,38-40H2,1-5H3/b10-8-,16-14-,22-20-,37-34-. The number of esters is 1. The number of carbonyl (C=O) groups is 1. The van der Waals surface area contributed by atoms with Crippen molar-refractivity contribution in [2.24, 2.45) is 0 Å². The van der Waals surface area contributed by atoms with Crippen LogP contribution in [-0.4, -0.2) is 64.1 Å². The van der Waals surface area contributed by atoms with Crippen LogP contribution in [0.25, 0.3) is 0 Å². The number of unbranched alkanes of at least 4 members (excludes halogenated alkanes) is 17. The summed E-state index contributed by atoms with van der Waals surface area (Å²) in [6, 6.07) is 0. The van der Waals surface area contributed by atoms with E-state index in [0.29, 0.717) is 17.4 Å². The Balaban J connectivity index is 4.35. The first kappa shape index (κ1) is 49.3. The molecule has 0 rings (SSSR count). The quantitative estimate of drug-likeness (QED) is 0.0156. The zero-order valence-corrected chi connectivity index (χ0v) is 34.4. The lowest BCUT2D eigenvalue weighted by Crippen LogP contribution is -2.37. The number of ether oxygens (including phenoxy) is 2. The van der Waals surface area contributed by atoms with Crippen LogP contribution in [0.1, 0.15) is 162 Å². The molecule has 0 aromatic carbocycles. The first-order valence-electron chi connectivity index (χ1n) is 20.4. The van der Waals surface area contributed by atoms with Crippen molar-refractivity contribution in [1.29, 1.82) is 0 Å². The van der Waals surface area contributed by atoms with Crippen LogP contribution in [0.2, 0.25) is 0 Å². The van der Waals surface area contributed by atoms with Gasteiger partial charge in [-0.1, -0.05) is 140 Å². The zero-order valence-electron chi connectivity index (χ0n) is 33.5. The molecule has 0 fully saturated rings. The van der Waals surface area contributed by atoms with Gasteiger partial charge >= 0.3 is 5.97 Å². The molecule has 0 aliphatic rings. The van der Waals surface area contributed by atoms with Gasteiger partial charge in [0, 0.05) is 6.42 Å². The highest BCUT2D eigenvalue weighted by Crippen LogP contribution is 2.38. The van der Waals surface area contributed by atoms with E-state index in [4.69, 9.17) is 18.5 Å². The van der Waals surface area contributed by atoms with E-state index in [-0.39, 0.29) is 25.8 Å². The highest BCUT2D eigenvalue weighted by molar-refractivity contribution is 7.45. The van der Waals surface area contributed by atoms with Crippen LogP contribution in [-0.2, 0) is 27.9 Å². The fourth-order valence-electron chi connectivity index (χ4n) is 5.25. The Morgan fingerprint density at radius 2 is 1.16 bits per heavy atom. The Hall–Kier alpha value is -1.70. The summed E-state index contributed by atoms with van der Waals surface area (Å²) < 4.78 is 34.3. The van der Waals surface area contributed by atoms with Crippen molar-refractivity contribution < 1.29 is 37.3 Å². The molecule has 2 unspecified atom stereocenters. The number of hydrogen-bond donors (Lipinski definition) is 0. The fourth-order valence-corrected chi connectivity index (χ4v) is 5.98. The van der Waals surface area contributed by atoms with Crippen LogP contribution in [0, 0.1) is 0 Å². The zero-order chi connectivity index (χ0) is 37.7. The highest BCUT2D eigenvalue weighted by Gasteiger charge is 2.19. The van der Waals surface area contributed by atoms with Crippen LogP contribution < -0.4 is 4.89 Å². The largest absolute Gasteiger partial charge is 0.756 e. The number of phosphoric ester groups is 1. The summed E-state index contributed by atoms with van der Waals surface area (Å²) in [5.74, 6) is -0.310. The maximum absolute atomic E-state index is 12.4. The van der Waals surface area contributed by atoms with Crippen LogP contribution in [0.3, 0.4) is 0 Å². The van der Waals surface area contributed by atoms with Gasteiger partial charge in [0.15, 0.2) is 6.10 Å². The number of likely N-dealkylation sites (N-methyl/N-ethyl adjacent to an activating group) is 1. The highest BCUT2D eigenvalue weighted by atomic mass is 31.2. The summed E-state index contributed by atoms with van der Waals surface area (Å²) in [7, 11) is 1.35. The van der Waals surface area contributed by atoms with Crippen molar-refractivity contribution in [3.8, 4) is 0 Å². The summed E-state index contributed by atoms with van der Waals surface area (Å²) in [5, 5.41) is 0. The van der Waals surface area contributed by atoms with Crippen molar-refractivity contribution in [2.45, 2.75) is 168 Å². The topological polar surface area (TPSA) is 94.1 Å². The molecular weight excluding hydrogens is 661 g/mol. The lowest BCUT2D eigenvalue weighted by Gasteiger charge is -2.28. The molecule has 0 aromatic rings. The molecule has 0 saturated carbocycles. The molecule has 0 saturated heterocycles. The van der Waals surface area contributed by atoms with Gasteiger partial charge in [-0.2, -0.15) is 0 Å². The lowest BCUT2D eigenvalue weighted by molar-refractivity contribution is -0.870. The molecular formula is C42H78NO7P. The van der Waals surface area contributed by atoms with Crippen LogP contribution in [0.15, 0.2) is 48.8 Å². The molecule has 8 nitrogen and oxygen atoms in total. The molecule has 0 spiro atoms. The average molecular weight is 740 g/mol. The smallest absolute Gasteiger partial charge is 0.305 e. The molecule has 0 aliphatic carbocycles. The Morgan fingerprint density at radius 1 is 0.647 bits per heavy atom. The third kappa shape index (κ3) is 39.3. The maximum atomic E-state index is 12.4. The van der Waals surface area contributed by atoms with Gasteiger partial charge in [-0.05, 0) is 57.4 Å². The fraction of sp³-hybridized carbons (Fsp3) is 0.786. The van der Waals surface area contributed by atoms with Crippen molar-refractivity contribution in [2.75, 3.05) is 47.5 Å². The molecule has 0 aliphatic heterocycles. The molecule has 0 bridgehead atoms. The number of hydrogen-bond acceptors (Lipinski definition) is 7. The molecule has 2 atom stereocenters. The summed E-state index contributed by atoms with van der Waals surface area (Å²) in [5.41, 5.74) is 0. The van der Waals surface area contributed by atoms with Crippen molar-refractivity contribution in [3.05, 3.63) is 48.8 Å². The number of phosphoric acid groups is 1. The number of nitrogens with zero attached hydrogens (tertiary/aromatic N) is 1. The summed E-state index contributed by atoms with van der Waals surface area (Å²) in [6.45, 7) is 4.57. The summed E-state index contributed by atoms with van der Waals surface area (Å²) in [4.78, 5) is 24.8. The third-order valence-corrected chi connectivity index (χ3v) is 9.45. The van der Waals surface area contributed by atoms with Gasteiger partial charge in [0.1, 0.15) is 19.8 Å². The number of quaternary nitrogens is 1. The normalized spacial score (nSPS) is 14.3. The van der Waals surface area contributed by atoms with Crippen LogP contribution in [0.4, 0.5) is 0 Å². The monoisotopic (exact) mass is 740 g/mol. The molecule has 0 amide bonds. The van der Waals surface area contributed by atoms with Crippen molar-refractivity contribution in [3.63, 3.8) is 0 Å². The SMILES string of the molecule is CC/C=C\C/C=C\C/C=C\CCCCCCCC(=O)OCC(COP(=O)([O-])OCC[N+](C)(C)C)O/C=C\CCCCCCCCCCCCCC. The molecule has 0 radical (unpaired) electrons. The first-order valence-corrected chi connectivity index (χ1v) is 21.9. The van der Waals surface area contributed by atoms with Crippen LogP contribution in [0.5, 0.6) is 0 Å². The van der Waals surface area contributed by atoms with Gasteiger partial charge < -0.3 is 27.9 Å². The molecule has 0 N–H and O–H groups in total. The number of allylic oxidation sites excluding steroid dienone is 7. The van der Waals surface area contributed by atoms with Gasteiger partial charge in [0.2, 0.25) is 0 Å². The van der Waals surface area contributed by atoms with E-state index < -0.39 is 13.9 Å². The molecule has 0 heterocycles. The Bertz CT molecular complexity index is 957. The molecule has 51 heavy (non-hydrogen) atoms. The average Bonchev–Trinajstić information content (AvgIpc) is 3.08. The summed E-state index contributed by atoms with van der Waals surface area (Å²) in [6.07, 6.45) is 42.2. The lowest BCUT2D eigenvalue weighted by atomic mass is 10.0. The van der Waals surface area contributed by atoms with E-state index in [1.807, 2.05) is 27.2 Å². The van der Waals surface area contributed by atoms with E-state index in [1.165, 1.54) is 70.6 Å². The van der Waals surface area contributed by atoms with Crippen molar-refractivity contribution >= 4 is 13.8 Å². The van der Waals surface area contributed by atoms with E-state index in [1.54, 1.807) is 6.26 Å². The minimum Gasteiger partial charge on any atom is -0.756 e. The second-order valence-electron chi connectivity index (χ2n) is 14.7. The van der Waals surface area contributed by atoms with E-state index in [0.717, 1.165) is 70.6 Å². The van der Waals surface area contributed by atoms with Gasteiger partial charge in [-0.3, -0.25) is 9.36 Å². The predicted octanol–water partition coefficient (Wildman–Crippen LogP) is 11.3. The van der Waals surface area contributed by atoms with Gasteiger partial charge in [-0.25, -0.2) is 0 Å². The molecule has 9 heteroatoms. The van der Waals surface area contributed by atoms with Crippen molar-refractivity contribution in [1.82, 2.24) is 0 Å². The van der Waals surface area contributed by atoms with E-state index in [9.17, 15) is 14.3 Å². The number of carbonyl (C=O) groups excluding carboxylic acids is 1. The Labute approximate surface area is 314 Å². The van der Waals surface area contributed by atoms with Gasteiger partial charge in [0.25, 0.3) is 7.82 Å². The molecule has 0 aromatic heterocycles. The van der Waals surface area contributed by atoms with Gasteiger partial charge in [-0.15, -0.1) is 0 Å².